The van der Waals surface area contributed by atoms with Gasteiger partial charge in [0.2, 0.25) is 0 Å². The van der Waals surface area contributed by atoms with Crippen molar-refractivity contribution < 1.29 is 9.18 Å². The summed E-state index contributed by atoms with van der Waals surface area (Å²) in [5.74, 6) is -0.397. The summed E-state index contributed by atoms with van der Waals surface area (Å²) < 4.78 is 13.2. The van der Waals surface area contributed by atoms with Gasteiger partial charge in [0.25, 0.3) is 5.91 Å². The lowest BCUT2D eigenvalue weighted by atomic mass is 10.2. The van der Waals surface area contributed by atoms with Crippen LogP contribution in [0.5, 0.6) is 0 Å². The molecule has 0 spiro atoms. The van der Waals surface area contributed by atoms with Crippen LogP contribution in [0.25, 0.3) is 0 Å². The second-order valence-electron chi connectivity index (χ2n) is 5.12. The highest BCUT2D eigenvalue weighted by Crippen LogP contribution is 2.20. The lowest BCUT2D eigenvalue weighted by Gasteiger charge is -2.22. The Bertz CT molecular complexity index is 466. The molecule has 4 nitrogen and oxygen atoms in total. The Morgan fingerprint density at radius 2 is 2.20 bits per heavy atom. The van der Waals surface area contributed by atoms with E-state index in [1.807, 2.05) is 27.0 Å². The molecule has 0 unspecified atom stereocenters. The number of anilines is 1. The van der Waals surface area contributed by atoms with Crippen LogP contribution in [0.3, 0.4) is 0 Å². The summed E-state index contributed by atoms with van der Waals surface area (Å²) in [5, 5.41) is 5.87. The van der Waals surface area contributed by atoms with E-state index >= 15 is 0 Å². The quantitative estimate of drug-likeness (QED) is 0.813. The molecule has 1 rings (SSSR count). The Labute approximate surface area is 123 Å². The van der Waals surface area contributed by atoms with E-state index in [2.05, 4.69) is 15.6 Å². The number of nitrogens with one attached hydrogen (secondary N) is 2. The highest BCUT2D eigenvalue weighted by Gasteiger charge is 2.19. The third kappa shape index (κ3) is 5.00. The van der Waals surface area contributed by atoms with Crippen LogP contribution in [0.1, 0.15) is 37.6 Å². The molecule has 0 fully saturated rings. The van der Waals surface area contributed by atoms with E-state index in [0.29, 0.717) is 18.9 Å². The number of nitrogens with zero attached hydrogens (tertiary/aromatic N) is 1. The number of carbonyl (C=O) groups is 1. The normalized spacial score (nSPS) is 11.2. The zero-order valence-electron chi connectivity index (χ0n) is 12.4. The maximum atomic E-state index is 13.3. The molecular weight excluding hydrogens is 277 g/mol. The van der Waals surface area contributed by atoms with Gasteiger partial charge in [0.05, 0.1) is 11.8 Å². The average Bonchev–Trinajstić information content (AvgIpc) is 2.43. The zero-order valence-corrected chi connectivity index (χ0v) is 13.2. The summed E-state index contributed by atoms with van der Waals surface area (Å²) in [4.78, 5) is 16.1. The Balaban J connectivity index is 2.82. The molecule has 1 heterocycles. The molecule has 2 N–H and O–H groups in total. The SMILES string of the molecule is CCCNc1ncc(F)cc1C(=O)NCC(C)(C)SC. The number of aromatic nitrogens is 1. The van der Waals surface area contributed by atoms with Crippen molar-refractivity contribution in [2.24, 2.45) is 0 Å². The molecule has 1 aromatic rings. The number of carbonyl (C=O) groups excluding carboxylic acids is 1. The molecule has 0 saturated carbocycles. The smallest absolute Gasteiger partial charge is 0.255 e. The van der Waals surface area contributed by atoms with E-state index in [9.17, 15) is 9.18 Å². The van der Waals surface area contributed by atoms with Gasteiger partial charge in [0.1, 0.15) is 11.6 Å². The molecule has 20 heavy (non-hydrogen) atoms. The van der Waals surface area contributed by atoms with Gasteiger partial charge in [-0.05, 0) is 32.6 Å². The predicted molar refractivity (Wildman–Crippen MR) is 82.9 cm³/mol. The molecule has 0 saturated heterocycles. The van der Waals surface area contributed by atoms with Crippen LogP contribution in [0.2, 0.25) is 0 Å². The maximum Gasteiger partial charge on any atom is 0.255 e. The van der Waals surface area contributed by atoms with E-state index in [1.54, 1.807) is 11.8 Å². The van der Waals surface area contributed by atoms with Gasteiger partial charge in [-0.1, -0.05) is 6.92 Å². The summed E-state index contributed by atoms with van der Waals surface area (Å²) in [6.07, 6.45) is 4.00. The third-order valence-corrected chi connectivity index (χ3v) is 4.12. The van der Waals surface area contributed by atoms with Crippen molar-refractivity contribution in [3.63, 3.8) is 0 Å². The first kappa shape index (κ1) is 16.8. The summed E-state index contributed by atoms with van der Waals surface area (Å²) in [5.41, 5.74) is 0.246. The number of hydrogen-bond acceptors (Lipinski definition) is 4. The fourth-order valence-corrected chi connectivity index (χ4v) is 1.67. The Hall–Kier alpha value is -1.30. The first-order chi connectivity index (χ1) is 9.39. The minimum Gasteiger partial charge on any atom is -0.369 e. The van der Waals surface area contributed by atoms with Crippen molar-refractivity contribution in [2.45, 2.75) is 31.9 Å². The van der Waals surface area contributed by atoms with Gasteiger partial charge in [-0.15, -0.1) is 0 Å². The fraction of sp³-hybridized carbons (Fsp3) is 0.571. The standard InChI is InChI=1S/C14H22FN3OS/c1-5-6-16-12-11(7-10(15)8-17-12)13(19)18-9-14(2,3)20-4/h7-8H,5-6,9H2,1-4H3,(H,16,17)(H,18,19). The first-order valence-electron chi connectivity index (χ1n) is 6.62. The highest BCUT2D eigenvalue weighted by molar-refractivity contribution is 7.99. The maximum absolute atomic E-state index is 13.3. The van der Waals surface area contributed by atoms with Crippen LogP contribution in [0.15, 0.2) is 12.3 Å². The molecule has 0 atom stereocenters. The van der Waals surface area contributed by atoms with Crippen LogP contribution in [0, 0.1) is 5.82 Å². The molecular formula is C14H22FN3OS. The number of pyridine rings is 1. The average molecular weight is 299 g/mol. The van der Waals surface area contributed by atoms with E-state index in [4.69, 9.17) is 0 Å². The van der Waals surface area contributed by atoms with Gasteiger partial charge in [-0.2, -0.15) is 11.8 Å². The topological polar surface area (TPSA) is 54.0 Å². The van der Waals surface area contributed by atoms with Crippen molar-refractivity contribution >= 4 is 23.5 Å². The fourth-order valence-electron chi connectivity index (χ4n) is 1.46. The molecule has 0 aliphatic carbocycles. The van der Waals surface area contributed by atoms with Gasteiger partial charge in [0.15, 0.2) is 0 Å². The number of thioether (sulfide) groups is 1. The first-order valence-corrected chi connectivity index (χ1v) is 7.85. The number of hydrogen-bond donors (Lipinski definition) is 2. The lowest BCUT2D eigenvalue weighted by molar-refractivity contribution is 0.0951. The molecule has 0 aromatic carbocycles. The summed E-state index contributed by atoms with van der Waals surface area (Å²) in [6, 6.07) is 1.21. The molecule has 1 amide bonds. The van der Waals surface area contributed by atoms with E-state index in [-0.39, 0.29) is 16.2 Å². The molecule has 1 aromatic heterocycles. The molecule has 6 heteroatoms. The third-order valence-electron chi connectivity index (χ3n) is 2.87. The van der Waals surface area contributed by atoms with Crippen molar-refractivity contribution in [1.82, 2.24) is 10.3 Å². The van der Waals surface area contributed by atoms with Crippen molar-refractivity contribution in [3.8, 4) is 0 Å². The monoisotopic (exact) mass is 299 g/mol. The second kappa shape index (κ2) is 7.47. The second-order valence-corrected chi connectivity index (χ2v) is 6.64. The van der Waals surface area contributed by atoms with Gasteiger partial charge in [-0.25, -0.2) is 9.37 Å². The highest BCUT2D eigenvalue weighted by atomic mass is 32.2. The van der Waals surface area contributed by atoms with Gasteiger partial charge in [-0.3, -0.25) is 4.79 Å². The Morgan fingerprint density at radius 3 is 2.80 bits per heavy atom. The molecule has 0 radical (unpaired) electrons. The number of amides is 1. The molecule has 0 aliphatic rings. The lowest BCUT2D eigenvalue weighted by Crippen LogP contribution is -2.36. The van der Waals surface area contributed by atoms with E-state index in [1.165, 1.54) is 6.07 Å². The minimum absolute atomic E-state index is 0.0621. The zero-order chi connectivity index (χ0) is 15.2. The van der Waals surface area contributed by atoms with Crippen LogP contribution in [-0.2, 0) is 0 Å². The Morgan fingerprint density at radius 1 is 1.50 bits per heavy atom. The molecule has 0 aliphatic heterocycles. The van der Waals surface area contributed by atoms with Crippen LogP contribution in [0.4, 0.5) is 10.2 Å². The van der Waals surface area contributed by atoms with Crippen molar-refractivity contribution in [3.05, 3.63) is 23.6 Å². The van der Waals surface area contributed by atoms with Crippen LogP contribution < -0.4 is 10.6 Å². The molecule has 0 bridgehead atoms. The minimum atomic E-state index is -0.513. The summed E-state index contributed by atoms with van der Waals surface area (Å²) in [7, 11) is 0. The largest absolute Gasteiger partial charge is 0.369 e. The number of halogens is 1. The van der Waals surface area contributed by atoms with E-state index in [0.717, 1.165) is 12.6 Å². The predicted octanol–water partition coefficient (Wildman–Crippen LogP) is 2.91. The van der Waals surface area contributed by atoms with Crippen molar-refractivity contribution in [1.29, 1.82) is 0 Å². The van der Waals surface area contributed by atoms with Crippen LogP contribution >= 0.6 is 11.8 Å². The van der Waals surface area contributed by atoms with E-state index < -0.39 is 5.82 Å². The molecule has 112 valence electrons. The van der Waals surface area contributed by atoms with Gasteiger partial charge < -0.3 is 10.6 Å². The summed E-state index contributed by atoms with van der Waals surface area (Å²) in [6.45, 7) is 7.29. The van der Waals surface area contributed by atoms with Gasteiger partial charge >= 0.3 is 0 Å². The Kier molecular flexibility index (Phi) is 6.26. The van der Waals surface area contributed by atoms with Crippen LogP contribution in [-0.4, -0.2) is 35.0 Å². The van der Waals surface area contributed by atoms with Gasteiger partial charge in [0, 0.05) is 17.8 Å². The van der Waals surface area contributed by atoms with Crippen molar-refractivity contribution in [2.75, 3.05) is 24.7 Å². The summed E-state index contributed by atoms with van der Waals surface area (Å²) >= 11 is 1.67. The number of rotatable bonds is 7.